The Bertz CT molecular complexity index is 854. The lowest BCUT2D eigenvalue weighted by atomic mass is 9.93. The summed E-state index contributed by atoms with van der Waals surface area (Å²) in [5.74, 6) is -0.479. The van der Waals surface area contributed by atoms with Crippen LogP contribution < -0.4 is 0 Å². The van der Waals surface area contributed by atoms with Crippen molar-refractivity contribution >= 4 is 17.7 Å². The summed E-state index contributed by atoms with van der Waals surface area (Å²) < 4.78 is 19.7. The van der Waals surface area contributed by atoms with Crippen LogP contribution in [0.5, 0.6) is 0 Å². The maximum Gasteiger partial charge on any atom is 0.410 e. The molecule has 0 bridgehead atoms. The molecule has 0 aliphatic carbocycles. The third-order valence-corrected chi connectivity index (χ3v) is 5.47. The zero-order valence-corrected chi connectivity index (χ0v) is 18.1. The fourth-order valence-electron chi connectivity index (χ4n) is 3.77. The summed E-state index contributed by atoms with van der Waals surface area (Å²) in [6, 6.07) is 15.0. The highest BCUT2D eigenvalue weighted by atomic mass is 35.5. The van der Waals surface area contributed by atoms with Gasteiger partial charge in [0.15, 0.2) is 0 Å². The molecule has 2 atom stereocenters. The number of carbonyl (C=O) groups excluding carboxylic acids is 1. The molecule has 2 aromatic rings. The van der Waals surface area contributed by atoms with Crippen LogP contribution in [0.4, 0.5) is 9.18 Å². The normalized spacial score (nSPS) is 19.9. The highest BCUT2D eigenvalue weighted by molar-refractivity contribution is 6.30. The number of carbonyl (C=O) groups is 1. The van der Waals surface area contributed by atoms with Crippen LogP contribution in [0, 0.1) is 5.82 Å². The van der Waals surface area contributed by atoms with Gasteiger partial charge in [-0.2, -0.15) is 0 Å². The number of likely N-dealkylation sites (tertiary alicyclic amines) is 1. The van der Waals surface area contributed by atoms with Crippen molar-refractivity contribution in [3.8, 4) is 0 Å². The summed E-state index contributed by atoms with van der Waals surface area (Å²) in [5, 5.41) is 0.102. The maximum absolute atomic E-state index is 14.1. The molecule has 2 aromatic carbocycles. The molecule has 1 heterocycles. The zero-order valence-electron chi connectivity index (χ0n) is 17.4. The lowest BCUT2D eigenvalue weighted by Crippen LogP contribution is -2.44. The smallest absolute Gasteiger partial charge is 0.410 e. The van der Waals surface area contributed by atoms with Gasteiger partial charge in [0, 0.05) is 32.6 Å². The van der Waals surface area contributed by atoms with Gasteiger partial charge in [-0.15, -0.1) is 0 Å². The fraction of sp³-hybridized carbons (Fsp3) is 0.435. The molecule has 4 nitrogen and oxygen atoms in total. The van der Waals surface area contributed by atoms with Gasteiger partial charge in [-0.3, -0.25) is 4.90 Å². The summed E-state index contributed by atoms with van der Waals surface area (Å²) >= 11 is 5.88. The Hall–Kier alpha value is -2.11. The summed E-state index contributed by atoms with van der Waals surface area (Å²) in [6.45, 7) is 7.71. The van der Waals surface area contributed by atoms with Gasteiger partial charge in [0.05, 0.1) is 11.1 Å². The number of nitrogens with zero attached hydrogens (tertiary/aromatic N) is 2. The number of rotatable bonds is 4. The van der Waals surface area contributed by atoms with Gasteiger partial charge in [0.1, 0.15) is 11.4 Å². The number of hydrogen-bond acceptors (Lipinski definition) is 3. The second kappa shape index (κ2) is 8.72. The fourth-order valence-corrected chi connectivity index (χ4v) is 3.89. The van der Waals surface area contributed by atoms with Crippen molar-refractivity contribution in [1.82, 2.24) is 9.80 Å². The first-order valence-electron chi connectivity index (χ1n) is 9.81. The van der Waals surface area contributed by atoms with Crippen LogP contribution >= 0.6 is 11.6 Å². The van der Waals surface area contributed by atoms with Gasteiger partial charge in [0.25, 0.3) is 0 Å². The minimum atomic E-state index is -0.574. The van der Waals surface area contributed by atoms with E-state index in [0.717, 1.165) is 12.1 Å². The minimum absolute atomic E-state index is 0.0389. The van der Waals surface area contributed by atoms with Gasteiger partial charge in [0.2, 0.25) is 0 Å². The van der Waals surface area contributed by atoms with E-state index in [1.54, 1.807) is 18.0 Å². The van der Waals surface area contributed by atoms with E-state index in [2.05, 4.69) is 17.0 Å². The van der Waals surface area contributed by atoms with E-state index in [4.69, 9.17) is 16.3 Å². The topological polar surface area (TPSA) is 32.8 Å². The van der Waals surface area contributed by atoms with E-state index >= 15 is 0 Å². The summed E-state index contributed by atoms with van der Waals surface area (Å²) in [6.07, 6.45) is -0.372. The Morgan fingerprint density at radius 1 is 1.21 bits per heavy atom. The van der Waals surface area contributed by atoms with Crippen molar-refractivity contribution < 1.29 is 13.9 Å². The molecule has 156 valence electrons. The summed E-state index contributed by atoms with van der Waals surface area (Å²) in [7, 11) is 1.75. The second-order valence-corrected chi connectivity index (χ2v) is 9.03. The predicted molar refractivity (Wildman–Crippen MR) is 114 cm³/mol. The van der Waals surface area contributed by atoms with Gasteiger partial charge in [-0.1, -0.05) is 48.0 Å². The minimum Gasteiger partial charge on any atom is -0.444 e. The Kier molecular flexibility index (Phi) is 6.49. The maximum atomic E-state index is 14.1. The molecule has 3 rings (SSSR count). The molecule has 1 amide bonds. The molecular formula is C23H28ClFN2O2. The van der Waals surface area contributed by atoms with E-state index in [1.807, 2.05) is 45.0 Å². The van der Waals surface area contributed by atoms with Crippen molar-refractivity contribution in [3.05, 3.63) is 70.5 Å². The SMILES string of the molecule is CN(C(=O)OC(C)(C)C)C1CN(Cc2ccccc2)CC1c1ccc(Cl)c(F)c1. The monoisotopic (exact) mass is 418 g/mol. The number of halogens is 2. The van der Waals surface area contributed by atoms with Crippen molar-refractivity contribution in [2.45, 2.75) is 44.9 Å². The highest BCUT2D eigenvalue weighted by Crippen LogP contribution is 2.33. The van der Waals surface area contributed by atoms with Crippen LogP contribution in [-0.2, 0) is 11.3 Å². The summed E-state index contributed by atoms with van der Waals surface area (Å²) in [4.78, 5) is 16.6. The molecule has 1 aliphatic rings. The van der Waals surface area contributed by atoms with Crippen molar-refractivity contribution in [1.29, 1.82) is 0 Å². The number of likely N-dealkylation sites (N-methyl/N-ethyl adjacent to an activating group) is 1. The molecule has 0 spiro atoms. The van der Waals surface area contributed by atoms with Crippen LogP contribution in [0.25, 0.3) is 0 Å². The molecule has 2 unspecified atom stereocenters. The van der Waals surface area contributed by atoms with Crippen molar-refractivity contribution in [3.63, 3.8) is 0 Å². The molecule has 0 aromatic heterocycles. The van der Waals surface area contributed by atoms with Gasteiger partial charge in [-0.05, 0) is 44.0 Å². The number of amides is 1. The van der Waals surface area contributed by atoms with E-state index in [9.17, 15) is 9.18 Å². The first kappa shape index (κ1) is 21.6. The van der Waals surface area contributed by atoms with E-state index in [-0.39, 0.29) is 23.1 Å². The average Bonchev–Trinajstić information content (AvgIpc) is 3.06. The first-order valence-corrected chi connectivity index (χ1v) is 10.2. The van der Waals surface area contributed by atoms with E-state index in [1.165, 1.54) is 11.6 Å². The van der Waals surface area contributed by atoms with Crippen molar-refractivity contribution in [2.24, 2.45) is 0 Å². The molecule has 0 N–H and O–H groups in total. The standard InChI is InChI=1S/C23H28ClFN2O2/c1-23(2,3)29-22(28)26(4)21-15-27(13-16-8-6-5-7-9-16)14-18(21)17-10-11-19(24)20(25)12-17/h5-12,18,21H,13-15H2,1-4H3. The third-order valence-electron chi connectivity index (χ3n) is 5.16. The molecule has 1 fully saturated rings. The Morgan fingerprint density at radius 3 is 2.52 bits per heavy atom. The van der Waals surface area contributed by atoms with Gasteiger partial charge in [-0.25, -0.2) is 9.18 Å². The van der Waals surface area contributed by atoms with Crippen LogP contribution in [0.15, 0.2) is 48.5 Å². The van der Waals surface area contributed by atoms with Crippen LogP contribution in [0.1, 0.15) is 37.8 Å². The molecule has 1 aliphatic heterocycles. The Labute approximate surface area is 177 Å². The molecule has 1 saturated heterocycles. The quantitative estimate of drug-likeness (QED) is 0.674. The Morgan fingerprint density at radius 2 is 1.90 bits per heavy atom. The van der Waals surface area contributed by atoms with Gasteiger partial charge >= 0.3 is 6.09 Å². The highest BCUT2D eigenvalue weighted by Gasteiger charge is 2.39. The lowest BCUT2D eigenvalue weighted by Gasteiger charge is -2.31. The van der Waals surface area contributed by atoms with Gasteiger partial charge < -0.3 is 9.64 Å². The second-order valence-electron chi connectivity index (χ2n) is 8.62. The van der Waals surface area contributed by atoms with E-state index in [0.29, 0.717) is 13.1 Å². The largest absolute Gasteiger partial charge is 0.444 e. The van der Waals surface area contributed by atoms with Crippen LogP contribution in [0.3, 0.4) is 0 Å². The molecule has 0 saturated carbocycles. The predicted octanol–water partition coefficient (Wildman–Crippen LogP) is 5.31. The molecule has 0 radical (unpaired) electrons. The first-order chi connectivity index (χ1) is 13.6. The Balaban J connectivity index is 1.84. The molecular weight excluding hydrogens is 391 g/mol. The number of benzene rings is 2. The van der Waals surface area contributed by atoms with E-state index < -0.39 is 11.4 Å². The average molecular weight is 419 g/mol. The summed E-state index contributed by atoms with van der Waals surface area (Å²) in [5.41, 5.74) is 1.47. The molecule has 6 heteroatoms. The molecule has 29 heavy (non-hydrogen) atoms. The van der Waals surface area contributed by atoms with Crippen molar-refractivity contribution in [2.75, 3.05) is 20.1 Å². The number of ether oxygens (including phenoxy) is 1. The van der Waals surface area contributed by atoms with Crippen LogP contribution in [-0.4, -0.2) is 47.7 Å². The van der Waals surface area contributed by atoms with Crippen LogP contribution in [0.2, 0.25) is 5.02 Å². The third kappa shape index (κ3) is 5.49. The number of hydrogen-bond donors (Lipinski definition) is 0. The lowest BCUT2D eigenvalue weighted by molar-refractivity contribution is 0.0216. The zero-order chi connectivity index (χ0) is 21.2.